The molecule has 0 atom stereocenters. The summed E-state index contributed by atoms with van der Waals surface area (Å²) in [6.07, 6.45) is 5.46. The molecule has 140 valence electrons. The zero-order valence-corrected chi connectivity index (χ0v) is 15.6. The summed E-state index contributed by atoms with van der Waals surface area (Å²) >= 11 is 1.21. The molecule has 0 bridgehead atoms. The van der Waals surface area contributed by atoms with Crippen LogP contribution in [0.1, 0.15) is 47.3 Å². The maximum atomic E-state index is 14.2. The van der Waals surface area contributed by atoms with Crippen LogP contribution in [0.25, 0.3) is 10.1 Å². The van der Waals surface area contributed by atoms with Crippen LogP contribution in [0.3, 0.4) is 0 Å². The van der Waals surface area contributed by atoms with Gasteiger partial charge in [-0.3, -0.25) is 9.59 Å². The third-order valence-electron chi connectivity index (χ3n) is 4.64. The van der Waals surface area contributed by atoms with Crippen molar-refractivity contribution < 1.29 is 18.7 Å². The molecule has 0 radical (unpaired) electrons. The van der Waals surface area contributed by atoms with Gasteiger partial charge in [-0.25, -0.2) is 4.39 Å². The van der Waals surface area contributed by atoms with Crippen molar-refractivity contribution in [3.05, 3.63) is 34.5 Å². The molecule has 1 saturated carbocycles. The summed E-state index contributed by atoms with van der Waals surface area (Å²) < 4.78 is 20.0. The largest absolute Gasteiger partial charge is 0.380 e. The highest BCUT2D eigenvalue weighted by Gasteiger charge is 2.21. The Morgan fingerprint density at radius 2 is 2.04 bits per heavy atom. The van der Waals surface area contributed by atoms with Crippen LogP contribution in [0, 0.1) is 5.82 Å². The number of benzene rings is 1. The lowest BCUT2D eigenvalue weighted by molar-refractivity contribution is -0.121. The molecule has 7 heteroatoms. The lowest BCUT2D eigenvalue weighted by Gasteiger charge is -2.22. The van der Waals surface area contributed by atoms with Gasteiger partial charge in [-0.15, -0.1) is 11.3 Å². The fourth-order valence-electron chi connectivity index (χ4n) is 3.40. The highest BCUT2D eigenvalue weighted by Crippen LogP contribution is 2.33. The molecule has 0 unspecified atom stereocenters. The number of hydrogen-bond acceptors (Lipinski definition) is 4. The van der Waals surface area contributed by atoms with Crippen LogP contribution < -0.4 is 10.6 Å². The Kier molecular flexibility index (Phi) is 6.21. The van der Waals surface area contributed by atoms with Crippen LogP contribution in [0.4, 0.5) is 4.39 Å². The average Bonchev–Trinajstić information content (AvgIpc) is 3.01. The van der Waals surface area contributed by atoms with Gasteiger partial charge in [0.2, 0.25) is 5.91 Å². The monoisotopic (exact) mass is 378 g/mol. The predicted octanol–water partition coefficient (Wildman–Crippen LogP) is 3.37. The van der Waals surface area contributed by atoms with Crippen molar-refractivity contribution >= 4 is 33.2 Å². The molecule has 1 heterocycles. The molecule has 1 aliphatic carbocycles. The first kappa shape index (κ1) is 18.8. The number of nitrogens with one attached hydrogen (secondary N) is 2. The van der Waals surface area contributed by atoms with E-state index >= 15 is 0 Å². The average molecular weight is 378 g/mol. The topological polar surface area (TPSA) is 67.4 Å². The second kappa shape index (κ2) is 8.60. The Balaban J connectivity index is 1.68. The van der Waals surface area contributed by atoms with E-state index in [1.807, 2.05) is 0 Å². The molecule has 2 N–H and O–H groups in total. The number of ether oxygens (including phenoxy) is 1. The molecule has 26 heavy (non-hydrogen) atoms. The number of hydrogen-bond donors (Lipinski definition) is 2. The number of rotatable bonds is 6. The van der Waals surface area contributed by atoms with Crippen molar-refractivity contribution in [2.75, 3.05) is 13.7 Å². The first-order chi connectivity index (χ1) is 12.6. The first-order valence-electron chi connectivity index (χ1n) is 8.86. The number of carbonyl (C=O) groups is 2. The van der Waals surface area contributed by atoms with Crippen molar-refractivity contribution in [1.82, 2.24) is 10.6 Å². The summed E-state index contributed by atoms with van der Waals surface area (Å²) in [7, 11) is 1.50. The lowest BCUT2D eigenvalue weighted by Crippen LogP contribution is -2.42. The summed E-state index contributed by atoms with van der Waals surface area (Å²) in [5.41, 5.74) is 0.524. The Labute approximate surface area is 155 Å². The fourth-order valence-corrected chi connectivity index (χ4v) is 4.54. The first-order valence-corrected chi connectivity index (χ1v) is 9.68. The second-order valence-electron chi connectivity index (χ2n) is 6.54. The zero-order valence-electron chi connectivity index (χ0n) is 14.8. The highest BCUT2D eigenvalue weighted by atomic mass is 32.1. The van der Waals surface area contributed by atoms with Gasteiger partial charge in [0.15, 0.2) is 0 Å². The van der Waals surface area contributed by atoms with E-state index in [2.05, 4.69) is 10.6 Å². The van der Waals surface area contributed by atoms with Crippen molar-refractivity contribution in [3.63, 3.8) is 0 Å². The van der Waals surface area contributed by atoms with Crippen LogP contribution in [-0.4, -0.2) is 31.5 Å². The molecule has 1 fully saturated rings. The van der Waals surface area contributed by atoms with Crippen molar-refractivity contribution in [3.8, 4) is 0 Å². The minimum Gasteiger partial charge on any atom is -0.380 e. The van der Waals surface area contributed by atoms with Gasteiger partial charge >= 0.3 is 0 Å². The van der Waals surface area contributed by atoms with E-state index in [9.17, 15) is 14.0 Å². The second-order valence-corrected chi connectivity index (χ2v) is 7.59. The lowest BCUT2D eigenvalue weighted by atomic mass is 9.95. The predicted molar refractivity (Wildman–Crippen MR) is 99.8 cm³/mol. The van der Waals surface area contributed by atoms with E-state index in [-0.39, 0.29) is 36.8 Å². The van der Waals surface area contributed by atoms with Gasteiger partial charge in [0.25, 0.3) is 5.91 Å². The van der Waals surface area contributed by atoms with Gasteiger partial charge in [-0.2, -0.15) is 0 Å². The van der Waals surface area contributed by atoms with Gasteiger partial charge in [0.1, 0.15) is 5.82 Å². The third-order valence-corrected chi connectivity index (χ3v) is 5.83. The molecule has 0 aliphatic heterocycles. The number of carbonyl (C=O) groups excluding carboxylic acids is 2. The number of halogens is 1. The number of amides is 2. The summed E-state index contributed by atoms with van der Waals surface area (Å²) in [5, 5.41) is 6.03. The van der Waals surface area contributed by atoms with Gasteiger partial charge in [0.05, 0.1) is 18.0 Å². The maximum Gasteiger partial charge on any atom is 0.262 e. The maximum absolute atomic E-state index is 14.2. The van der Waals surface area contributed by atoms with Crippen molar-refractivity contribution in [1.29, 1.82) is 0 Å². The van der Waals surface area contributed by atoms with Gasteiger partial charge in [-0.1, -0.05) is 25.3 Å². The Morgan fingerprint density at radius 3 is 2.77 bits per heavy atom. The molecular formula is C19H23FN2O3S. The normalized spacial score (nSPS) is 15.2. The van der Waals surface area contributed by atoms with E-state index in [0.29, 0.717) is 20.5 Å². The van der Waals surface area contributed by atoms with E-state index < -0.39 is 0 Å². The Hall–Kier alpha value is -1.99. The number of methoxy groups -OCH3 is 1. The molecule has 2 aromatic rings. The summed E-state index contributed by atoms with van der Waals surface area (Å²) in [6, 6.07) is 4.96. The van der Waals surface area contributed by atoms with Crippen molar-refractivity contribution in [2.45, 2.75) is 44.8 Å². The molecule has 1 aromatic heterocycles. The molecule has 1 aliphatic rings. The molecule has 0 saturated heterocycles. The van der Waals surface area contributed by atoms with Crippen molar-refractivity contribution in [2.24, 2.45) is 0 Å². The Morgan fingerprint density at radius 1 is 1.27 bits per heavy atom. The van der Waals surface area contributed by atoms with Crippen LogP contribution >= 0.6 is 11.3 Å². The molecule has 3 rings (SSSR count). The van der Waals surface area contributed by atoms with E-state index in [0.717, 1.165) is 25.7 Å². The molecule has 1 aromatic carbocycles. The quantitative estimate of drug-likeness (QED) is 0.810. The highest BCUT2D eigenvalue weighted by molar-refractivity contribution is 7.21. The molecule has 2 amide bonds. The smallest absolute Gasteiger partial charge is 0.262 e. The third kappa shape index (κ3) is 4.22. The van der Waals surface area contributed by atoms with Gasteiger partial charge < -0.3 is 15.4 Å². The molecule has 0 spiro atoms. The van der Waals surface area contributed by atoms with E-state index in [1.165, 1.54) is 30.9 Å². The van der Waals surface area contributed by atoms with Gasteiger partial charge in [-0.05, 0) is 25.0 Å². The molecular weight excluding hydrogens is 355 g/mol. The minimum atomic E-state index is -0.378. The number of fused-ring (bicyclic) bond motifs is 1. The zero-order chi connectivity index (χ0) is 18.5. The standard InChI is InChI=1S/C19H23FN2O3S/c1-25-11-13-17-14(20)8-5-9-15(17)26-18(13)19(24)21-10-16(23)22-12-6-3-2-4-7-12/h5,8-9,12H,2-4,6-7,10-11H2,1H3,(H,21,24)(H,22,23). The summed E-state index contributed by atoms with van der Waals surface area (Å²) in [6.45, 7) is 0.0520. The van der Waals surface area contributed by atoms with Crippen LogP contribution in [-0.2, 0) is 16.1 Å². The molecule has 5 nitrogen and oxygen atoms in total. The summed E-state index contributed by atoms with van der Waals surface area (Å²) in [4.78, 5) is 25.0. The van der Waals surface area contributed by atoms with Crippen LogP contribution in [0.15, 0.2) is 18.2 Å². The fraction of sp³-hybridized carbons (Fsp3) is 0.474. The van der Waals surface area contributed by atoms with E-state index in [4.69, 9.17) is 4.74 Å². The SMILES string of the molecule is COCc1c(C(=O)NCC(=O)NC2CCCCC2)sc2cccc(F)c12. The number of thiophene rings is 1. The minimum absolute atomic E-state index is 0.0848. The van der Waals surface area contributed by atoms with Crippen LogP contribution in [0.2, 0.25) is 0 Å². The van der Waals surface area contributed by atoms with E-state index in [1.54, 1.807) is 12.1 Å². The Bertz CT molecular complexity index is 799. The van der Waals surface area contributed by atoms with Gasteiger partial charge in [0, 0.05) is 28.8 Å². The van der Waals surface area contributed by atoms with Crippen LogP contribution in [0.5, 0.6) is 0 Å². The summed E-state index contributed by atoms with van der Waals surface area (Å²) in [5.74, 6) is -0.942.